The number of nitrogens with two attached hydrogens (primary N) is 1. The van der Waals surface area contributed by atoms with E-state index < -0.39 is 30.7 Å². The first-order valence-electron chi connectivity index (χ1n) is 5.78. The molecule has 19 heavy (non-hydrogen) atoms. The molecule has 0 spiro atoms. The average Bonchev–Trinajstić information content (AvgIpc) is 2.96. The van der Waals surface area contributed by atoms with Gasteiger partial charge in [-0.05, 0) is 6.08 Å². The van der Waals surface area contributed by atoms with Crippen LogP contribution in [-0.2, 0) is 4.74 Å². The number of aliphatic hydroxyl groups excluding tert-OH is 1. The second kappa shape index (κ2) is 4.40. The number of hydrazine groups is 1. The lowest BCUT2D eigenvalue weighted by Gasteiger charge is -2.38. The molecule has 1 fully saturated rings. The zero-order valence-electron chi connectivity index (χ0n) is 9.81. The van der Waals surface area contributed by atoms with E-state index in [1.54, 1.807) is 0 Å². The van der Waals surface area contributed by atoms with Gasteiger partial charge in [-0.1, -0.05) is 5.22 Å². The number of hydrogen-bond acceptors (Lipinski definition) is 7. The summed E-state index contributed by atoms with van der Waals surface area (Å²) in [7, 11) is 0. The van der Waals surface area contributed by atoms with E-state index in [0.717, 1.165) is 9.91 Å². The molecule has 3 aliphatic rings. The van der Waals surface area contributed by atoms with Crippen molar-refractivity contribution in [2.45, 2.75) is 31.1 Å². The van der Waals surface area contributed by atoms with Gasteiger partial charge in [-0.3, -0.25) is 4.90 Å². The highest BCUT2D eigenvalue weighted by atomic mass is 19.1. The Labute approximate surface area is 107 Å². The zero-order chi connectivity index (χ0) is 13.6. The summed E-state index contributed by atoms with van der Waals surface area (Å²) in [4.78, 5) is 13.2. The number of fused-ring (bicyclic) bond motifs is 1. The first kappa shape index (κ1) is 12.3. The molecule has 0 radical (unpaired) electrons. The number of urea groups is 1. The number of alkyl halides is 1. The molecule has 4 N–H and O–H groups in total. The smallest absolute Gasteiger partial charge is 0.349 e. The van der Waals surface area contributed by atoms with Crippen LogP contribution in [0.1, 0.15) is 6.42 Å². The van der Waals surface area contributed by atoms with Crippen LogP contribution < -0.4 is 11.3 Å². The lowest BCUT2D eigenvalue weighted by molar-refractivity contribution is -0.0809. The minimum atomic E-state index is -1.40. The summed E-state index contributed by atoms with van der Waals surface area (Å²) in [5.74, 6) is 0.265. The summed E-state index contributed by atoms with van der Waals surface area (Å²) in [5.41, 5.74) is 8.19. The van der Waals surface area contributed by atoms with Crippen LogP contribution in [0.5, 0.6) is 0 Å². The minimum Gasteiger partial charge on any atom is -0.394 e. The van der Waals surface area contributed by atoms with Gasteiger partial charge in [-0.2, -0.15) is 10.5 Å². The molecule has 3 rings (SSSR count). The van der Waals surface area contributed by atoms with Crippen molar-refractivity contribution in [3.8, 4) is 0 Å². The topological polar surface area (TPSA) is 116 Å². The fourth-order valence-corrected chi connectivity index (χ4v) is 2.28. The second-order valence-electron chi connectivity index (χ2n) is 4.42. The summed E-state index contributed by atoms with van der Waals surface area (Å²) < 4.78 is 19.2. The molecule has 10 heteroatoms. The molecule has 0 aliphatic carbocycles. The number of rotatable bonds is 2. The summed E-state index contributed by atoms with van der Waals surface area (Å²) in [6.07, 6.45) is -2.54. The predicted molar refractivity (Wildman–Crippen MR) is 58.4 cm³/mol. The van der Waals surface area contributed by atoms with Crippen molar-refractivity contribution in [3.05, 3.63) is 11.9 Å². The maximum absolute atomic E-state index is 13.9. The van der Waals surface area contributed by atoms with Crippen LogP contribution in [0, 0.1) is 0 Å². The number of hydrogen-bond donors (Lipinski definition) is 3. The van der Waals surface area contributed by atoms with Crippen LogP contribution in [0.4, 0.5) is 9.18 Å². The molecular formula is C9H13FN6O3. The third-order valence-electron chi connectivity index (χ3n) is 3.19. The van der Waals surface area contributed by atoms with E-state index in [0.29, 0.717) is 0 Å². The van der Waals surface area contributed by atoms with Crippen molar-refractivity contribution in [2.75, 3.05) is 6.61 Å². The quantitative estimate of drug-likeness (QED) is 0.607. The Kier molecular flexibility index (Phi) is 2.84. The number of carbonyl (C=O) groups excluding carboxylic acids is 1. The lowest BCUT2D eigenvalue weighted by Crippen LogP contribution is -2.61. The van der Waals surface area contributed by atoms with Crippen LogP contribution in [0.15, 0.2) is 22.2 Å². The number of aliphatic hydroxyl groups is 1. The Hall–Kier alpha value is -1.78. The fourth-order valence-electron chi connectivity index (χ4n) is 2.28. The van der Waals surface area contributed by atoms with Crippen molar-refractivity contribution in [2.24, 2.45) is 16.1 Å². The van der Waals surface area contributed by atoms with E-state index in [-0.39, 0.29) is 18.8 Å². The number of nitrogens with zero attached hydrogens (tertiary/aromatic N) is 4. The van der Waals surface area contributed by atoms with E-state index in [2.05, 4.69) is 15.9 Å². The van der Waals surface area contributed by atoms with E-state index in [9.17, 15) is 9.18 Å². The molecule has 0 aromatic carbocycles. The summed E-state index contributed by atoms with van der Waals surface area (Å²) in [6, 6.07) is -0.596. The van der Waals surface area contributed by atoms with Crippen LogP contribution in [0.2, 0.25) is 0 Å². The number of amides is 2. The molecule has 3 heterocycles. The SMILES string of the molecule is NC1C=C2N=NNN2C(=O)N1[C@@H]1O[C@H](CO)C[C@@H]1F. The van der Waals surface area contributed by atoms with Gasteiger partial charge in [0.2, 0.25) is 0 Å². The van der Waals surface area contributed by atoms with Crippen LogP contribution in [0.25, 0.3) is 0 Å². The Balaban J connectivity index is 1.83. The highest BCUT2D eigenvalue weighted by Crippen LogP contribution is 2.30. The number of carbonyl (C=O) groups is 1. The van der Waals surface area contributed by atoms with Crippen molar-refractivity contribution >= 4 is 6.03 Å². The lowest BCUT2D eigenvalue weighted by atomic mass is 10.2. The first-order valence-corrected chi connectivity index (χ1v) is 5.78. The standard InChI is InChI=1S/C9H13FN6O3/c10-5-1-4(3-17)19-8(5)15-6(11)2-7-12-13-14-16(7)9(15)18/h2,4-6,8,17H,1,3,11H2,(H,12,14)/t4-,5-,6?,8+/m0/s1. The molecule has 1 saturated heterocycles. The summed E-state index contributed by atoms with van der Waals surface area (Å²) in [6.45, 7) is -0.304. The summed E-state index contributed by atoms with van der Waals surface area (Å²) >= 11 is 0. The van der Waals surface area contributed by atoms with Crippen LogP contribution in [0.3, 0.4) is 0 Å². The molecule has 104 valence electrons. The van der Waals surface area contributed by atoms with Gasteiger partial charge in [-0.15, -0.1) is 5.11 Å². The Bertz CT molecular complexity index is 457. The fraction of sp³-hybridized carbons (Fsp3) is 0.667. The molecule has 2 amide bonds. The maximum atomic E-state index is 13.9. The number of ether oxygens (including phenoxy) is 1. The monoisotopic (exact) mass is 272 g/mol. The van der Waals surface area contributed by atoms with Crippen molar-refractivity contribution < 1.29 is 19.0 Å². The Morgan fingerprint density at radius 3 is 3.16 bits per heavy atom. The Morgan fingerprint density at radius 2 is 2.47 bits per heavy atom. The average molecular weight is 272 g/mol. The van der Waals surface area contributed by atoms with E-state index in [1.165, 1.54) is 6.08 Å². The van der Waals surface area contributed by atoms with Crippen molar-refractivity contribution in [1.29, 1.82) is 0 Å². The van der Waals surface area contributed by atoms with Gasteiger partial charge in [0.25, 0.3) is 0 Å². The van der Waals surface area contributed by atoms with E-state index in [1.807, 2.05) is 0 Å². The van der Waals surface area contributed by atoms with E-state index in [4.69, 9.17) is 15.6 Å². The predicted octanol–water partition coefficient (Wildman–Crippen LogP) is -0.819. The first-order chi connectivity index (χ1) is 9.11. The molecule has 3 aliphatic heterocycles. The molecule has 1 unspecified atom stereocenters. The molecule has 0 aromatic rings. The van der Waals surface area contributed by atoms with Crippen molar-refractivity contribution in [3.63, 3.8) is 0 Å². The highest BCUT2D eigenvalue weighted by Gasteiger charge is 2.47. The van der Waals surface area contributed by atoms with Gasteiger partial charge in [0, 0.05) is 6.42 Å². The largest absolute Gasteiger partial charge is 0.394 e. The molecule has 0 saturated carbocycles. The number of halogens is 1. The molecule has 0 aromatic heterocycles. The van der Waals surface area contributed by atoms with E-state index >= 15 is 0 Å². The van der Waals surface area contributed by atoms with Crippen LogP contribution >= 0.6 is 0 Å². The maximum Gasteiger partial charge on any atom is 0.349 e. The van der Waals surface area contributed by atoms with Crippen LogP contribution in [-0.4, -0.2) is 52.3 Å². The van der Waals surface area contributed by atoms with Gasteiger partial charge in [0.15, 0.2) is 12.0 Å². The molecule has 4 atom stereocenters. The normalized spacial score (nSPS) is 37.4. The third kappa shape index (κ3) is 1.84. The number of nitrogens with one attached hydrogen (secondary N) is 1. The molecule has 0 bridgehead atoms. The van der Waals surface area contributed by atoms with Gasteiger partial charge in [0.1, 0.15) is 12.3 Å². The minimum absolute atomic E-state index is 0.0242. The molecular weight excluding hydrogens is 259 g/mol. The Morgan fingerprint density at radius 1 is 1.68 bits per heavy atom. The van der Waals surface area contributed by atoms with Gasteiger partial charge in [0.05, 0.1) is 12.7 Å². The van der Waals surface area contributed by atoms with Gasteiger partial charge in [-0.25, -0.2) is 9.18 Å². The third-order valence-corrected chi connectivity index (χ3v) is 3.19. The van der Waals surface area contributed by atoms with Gasteiger partial charge >= 0.3 is 6.03 Å². The zero-order valence-corrected chi connectivity index (χ0v) is 9.81. The second-order valence-corrected chi connectivity index (χ2v) is 4.42. The van der Waals surface area contributed by atoms with Crippen molar-refractivity contribution in [1.82, 2.24) is 15.4 Å². The summed E-state index contributed by atoms with van der Waals surface area (Å²) in [5, 5.41) is 17.2. The van der Waals surface area contributed by atoms with Gasteiger partial charge < -0.3 is 15.6 Å². The highest BCUT2D eigenvalue weighted by molar-refractivity contribution is 5.78. The molecule has 9 nitrogen and oxygen atoms in total.